The van der Waals surface area contributed by atoms with Gasteiger partial charge in [0.1, 0.15) is 19.2 Å². The van der Waals surface area contributed by atoms with E-state index in [2.05, 4.69) is 26.8 Å². The summed E-state index contributed by atoms with van der Waals surface area (Å²) in [6.45, 7) is 6.78. The summed E-state index contributed by atoms with van der Waals surface area (Å²) < 4.78 is 35.3. The summed E-state index contributed by atoms with van der Waals surface area (Å²) in [5.74, 6) is 0. The van der Waals surface area contributed by atoms with Crippen LogP contribution in [-0.2, 0) is 28.4 Å². The van der Waals surface area contributed by atoms with Crippen molar-refractivity contribution >= 4 is 0 Å². The van der Waals surface area contributed by atoms with E-state index in [-0.39, 0.29) is 38.5 Å². The summed E-state index contributed by atoms with van der Waals surface area (Å²) >= 11 is 0. The van der Waals surface area contributed by atoms with Crippen molar-refractivity contribution in [3.8, 4) is 0 Å². The molecule has 6 atom stereocenters. The second-order valence-corrected chi connectivity index (χ2v) is 9.21. The highest BCUT2D eigenvalue weighted by molar-refractivity contribution is 5.14. The number of hydrogen-bond acceptors (Lipinski definition) is 7. The van der Waals surface area contributed by atoms with Crippen LogP contribution in [0.3, 0.4) is 0 Å². The van der Waals surface area contributed by atoms with E-state index in [9.17, 15) is 5.11 Å². The van der Waals surface area contributed by atoms with Crippen LogP contribution in [0.4, 0.5) is 0 Å². The van der Waals surface area contributed by atoms with E-state index in [1.54, 1.807) is 14.2 Å². The molecule has 0 spiro atoms. The maximum atomic E-state index is 9.98. The Morgan fingerprint density at radius 3 is 2.34 bits per heavy atom. The summed E-state index contributed by atoms with van der Waals surface area (Å²) in [6, 6.07) is 0. The first-order valence-corrected chi connectivity index (χ1v) is 10.7. The number of aliphatic hydroxyl groups excluding tert-OH is 1. The van der Waals surface area contributed by atoms with Gasteiger partial charge < -0.3 is 33.5 Å². The van der Waals surface area contributed by atoms with Crippen molar-refractivity contribution in [3.63, 3.8) is 0 Å². The monoisotopic (exact) mass is 414 g/mol. The first-order valence-electron chi connectivity index (χ1n) is 10.7. The Kier molecular flexibility index (Phi) is 7.42. The Bertz CT molecular complexity index is 582. The van der Waals surface area contributed by atoms with Gasteiger partial charge in [0, 0.05) is 20.6 Å². The molecule has 3 aliphatic rings. The van der Waals surface area contributed by atoms with Crippen LogP contribution in [0.15, 0.2) is 11.6 Å². The zero-order chi connectivity index (χ0) is 21.1. The van der Waals surface area contributed by atoms with Crippen LogP contribution >= 0.6 is 0 Å². The molecule has 0 aliphatic carbocycles. The van der Waals surface area contributed by atoms with Crippen molar-refractivity contribution in [2.75, 3.05) is 34.4 Å². The number of epoxide rings is 1. The second kappa shape index (κ2) is 9.30. The SMILES string of the molecule is COCO[C@]1(C)C[C@H]2O[C@@]2(CO)C/C=C(\C)CC[C@H]2O[C@H]1CC[C@]2(C)OCOC. The van der Waals surface area contributed by atoms with Crippen molar-refractivity contribution in [2.24, 2.45) is 0 Å². The van der Waals surface area contributed by atoms with E-state index in [1.165, 1.54) is 5.57 Å². The molecule has 0 unspecified atom stereocenters. The molecule has 2 saturated heterocycles. The molecular weight excluding hydrogens is 376 g/mol. The molecular formula is C22H38O7. The standard InChI is InChI=1S/C22H38O7/c1-16-6-7-17-20(2,26-14-24-4)10-9-18(28-17)21(3,27-15-25-5)12-19-22(13-23,29-19)11-8-16/h8,17-19,23H,6-7,9-15H2,1-5H3/b16-8+/t17-,18+,19-,20+,21-,22-/m1/s1. The van der Waals surface area contributed by atoms with E-state index in [0.29, 0.717) is 12.8 Å². The number of hydrogen-bond donors (Lipinski definition) is 1. The zero-order valence-electron chi connectivity index (χ0n) is 18.6. The lowest BCUT2D eigenvalue weighted by molar-refractivity contribution is -0.266. The maximum Gasteiger partial charge on any atom is 0.147 e. The second-order valence-electron chi connectivity index (χ2n) is 9.21. The average Bonchev–Trinajstić information content (AvgIpc) is 3.40. The molecule has 2 fully saturated rings. The van der Waals surface area contributed by atoms with Gasteiger partial charge in [-0.25, -0.2) is 0 Å². The minimum atomic E-state index is -0.573. The Labute approximate surface area is 174 Å². The molecule has 168 valence electrons. The Morgan fingerprint density at radius 1 is 1.03 bits per heavy atom. The minimum absolute atomic E-state index is 0.0128. The zero-order valence-corrected chi connectivity index (χ0v) is 18.6. The first kappa shape index (κ1) is 23.1. The molecule has 0 aromatic rings. The summed E-state index contributed by atoms with van der Waals surface area (Å²) in [5.41, 5.74) is -0.186. The van der Waals surface area contributed by atoms with Crippen molar-refractivity contribution in [1.29, 1.82) is 0 Å². The third-order valence-corrected chi connectivity index (χ3v) is 6.97. The van der Waals surface area contributed by atoms with Gasteiger partial charge in [0.25, 0.3) is 0 Å². The van der Waals surface area contributed by atoms with Gasteiger partial charge in [-0.2, -0.15) is 0 Å². The van der Waals surface area contributed by atoms with Crippen molar-refractivity contribution in [3.05, 3.63) is 11.6 Å². The number of ether oxygens (including phenoxy) is 6. The lowest BCUT2D eigenvalue weighted by atomic mass is 9.78. The van der Waals surface area contributed by atoms with Gasteiger partial charge in [-0.1, -0.05) is 11.6 Å². The molecule has 7 nitrogen and oxygen atoms in total. The summed E-state index contributed by atoms with van der Waals surface area (Å²) in [7, 11) is 3.26. The smallest absolute Gasteiger partial charge is 0.147 e. The fourth-order valence-electron chi connectivity index (χ4n) is 4.68. The molecule has 3 aliphatic heterocycles. The van der Waals surface area contributed by atoms with Gasteiger partial charge in [-0.05, 0) is 52.9 Å². The summed E-state index contributed by atoms with van der Waals surface area (Å²) in [6.07, 6.45) is 6.77. The average molecular weight is 415 g/mol. The normalized spacial score (nSPS) is 44.8. The van der Waals surface area contributed by atoms with E-state index in [4.69, 9.17) is 28.4 Å². The molecule has 1 N–H and O–H groups in total. The summed E-state index contributed by atoms with van der Waals surface area (Å²) in [5, 5.41) is 9.98. The molecule has 29 heavy (non-hydrogen) atoms. The Morgan fingerprint density at radius 2 is 1.69 bits per heavy atom. The Hall–Kier alpha value is -0.540. The number of fused-ring (bicyclic) bond motifs is 3. The van der Waals surface area contributed by atoms with Gasteiger partial charge in [0.05, 0.1) is 36.1 Å². The number of allylic oxidation sites excluding steroid dienone is 1. The van der Waals surface area contributed by atoms with Gasteiger partial charge in [0.15, 0.2) is 0 Å². The molecule has 0 radical (unpaired) electrons. The van der Waals surface area contributed by atoms with Crippen molar-refractivity contribution in [2.45, 2.75) is 94.4 Å². The topological polar surface area (TPSA) is 78.9 Å². The Balaban J connectivity index is 1.87. The first-order chi connectivity index (χ1) is 13.8. The van der Waals surface area contributed by atoms with E-state index >= 15 is 0 Å². The van der Waals surface area contributed by atoms with Gasteiger partial charge in [0.2, 0.25) is 0 Å². The molecule has 3 rings (SSSR count). The third kappa shape index (κ3) is 5.03. The van der Waals surface area contributed by atoms with Crippen LogP contribution in [-0.4, -0.2) is 74.6 Å². The number of rotatable bonds is 7. The molecule has 0 aromatic heterocycles. The highest BCUT2D eigenvalue weighted by Crippen LogP contribution is 2.48. The number of aliphatic hydroxyl groups is 1. The summed E-state index contributed by atoms with van der Waals surface area (Å²) in [4.78, 5) is 0. The highest BCUT2D eigenvalue weighted by Gasteiger charge is 2.59. The molecule has 2 bridgehead atoms. The molecule has 0 amide bonds. The molecule has 7 heteroatoms. The molecule has 0 aromatic carbocycles. The van der Waals surface area contributed by atoms with Gasteiger partial charge in [-0.15, -0.1) is 0 Å². The largest absolute Gasteiger partial charge is 0.393 e. The highest BCUT2D eigenvalue weighted by atomic mass is 16.7. The molecule has 3 heterocycles. The van der Waals surface area contributed by atoms with E-state index in [0.717, 1.165) is 25.7 Å². The van der Waals surface area contributed by atoms with Crippen molar-refractivity contribution < 1.29 is 33.5 Å². The third-order valence-electron chi connectivity index (χ3n) is 6.97. The van der Waals surface area contributed by atoms with E-state index in [1.807, 2.05) is 0 Å². The van der Waals surface area contributed by atoms with E-state index < -0.39 is 16.8 Å². The number of methoxy groups -OCH3 is 2. The lowest BCUT2D eigenvalue weighted by Gasteiger charge is -2.49. The molecule has 0 saturated carbocycles. The minimum Gasteiger partial charge on any atom is -0.393 e. The maximum absolute atomic E-state index is 9.98. The van der Waals surface area contributed by atoms with Crippen LogP contribution in [0.25, 0.3) is 0 Å². The van der Waals surface area contributed by atoms with Gasteiger partial charge >= 0.3 is 0 Å². The quantitative estimate of drug-likeness (QED) is 0.390. The lowest BCUT2D eigenvalue weighted by Crippen LogP contribution is -2.57. The van der Waals surface area contributed by atoms with Crippen LogP contribution in [0, 0.1) is 0 Å². The fourth-order valence-corrected chi connectivity index (χ4v) is 4.68. The van der Waals surface area contributed by atoms with Crippen LogP contribution in [0.2, 0.25) is 0 Å². The predicted octanol–water partition coefficient (Wildman–Crippen LogP) is 2.94. The van der Waals surface area contributed by atoms with Crippen molar-refractivity contribution in [1.82, 2.24) is 0 Å². The van der Waals surface area contributed by atoms with Crippen LogP contribution in [0.1, 0.15) is 59.3 Å². The van der Waals surface area contributed by atoms with Gasteiger partial charge in [-0.3, -0.25) is 0 Å². The van der Waals surface area contributed by atoms with Crippen LogP contribution < -0.4 is 0 Å². The fraction of sp³-hybridized carbons (Fsp3) is 0.909. The van der Waals surface area contributed by atoms with Crippen LogP contribution in [0.5, 0.6) is 0 Å². The predicted molar refractivity (Wildman–Crippen MR) is 108 cm³/mol.